The Kier molecular flexibility index (Phi) is 4.11. The Morgan fingerprint density at radius 1 is 1.00 bits per heavy atom. The zero-order chi connectivity index (χ0) is 19.1. The van der Waals surface area contributed by atoms with Crippen LogP contribution >= 0.6 is 0 Å². The summed E-state index contributed by atoms with van der Waals surface area (Å²) in [7, 11) is 0. The van der Waals surface area contributed by atoms with E-state index in [0.29, 0.717) is 5.92 Å². The second-order valence-corrected chi connectivity index (χ2v) is 7.15. The Bertz CT molecular complexity index is 1130. The van der Waals surface area contributed by atoms with Gasteiger partial charge in [-0.3, -0.25) is 0 Å². The molecule has 0 saturated carbocycles. The van der Waals surface area contributed by atoms with Crippen molar-refractivity contribution < 1.29 is 14.3 Å². The van der Waals surface area contributed by atoms with Gasteiger partial charge in [0.15, 0.2) is 5.76 Å². The van der Waals surface area contributed by atoms with E-state index in [1.807, 2.05) is 12.1 Å². The molecular formula is C23H21NO3. The van der Waals surface area contributed by atoms with Crippen molar-refractivity contribution in [1.29, 1.82) is 0 Å². The maximum absolute atomic E-state index is 11.0. The number of aromatic amines is 1. The van der Waals surface area contributed by atoms with Gasteiger partial charge in [0.05, 0.1) is 11.3 Å². The lowest BCUT2D eigenvalue weighted by atomic mass is 9.99. The molecule has 0 aliphatic carbocycles. The summed E-state index contributed by atoms with van der Waals surface area (Å²) >= 11 is 0. The molecule has 4 aromatic rings. The molecule has 0 atom stereocenters. The number of aromatic carboxylic acids is 1. The number of rotatable bonds is 4. The molecule has 2 aromatic heterocycles. The van der Waals surface area contributed by atoms with Crippen molar-refractivity contribution in [2.45, 2.75) is 26.7 Å². The normalized spacial score (nSPS) is 11.4. The number of fused-ring (bicyclic) bond motifs is 1. The van der Waals surface area contributed by atoms with Crippen LogP contribution < -0.4 is 0 Å². The number of carboxylic acids is 1. The molecule has 0 aliphatic heterocycles. The third-order valence-electron chi connectivity index (χ3n) is 4.95. The van der Waals surface area contributed by atoms with Gasteiger partial charge in [-0.25, -0.2) is 4.79 Å². The van der Waals surface area contributed by atoms with Crippen molar-refractivity contribution in [1.82, 2.24) is 4.98 Å². The van der Waals surface area contributed by atoms with Crippen LogP contribution in [0.5, 0.6) is 0 Å². The second kappa shape index (κ2) is 6.47. The molecule has 136 valence electrons. The van der Waals surface area contributed by atoms with Crippen LogP contribution in [0.3, 0.4) is 0 Å². The van der Waals surface area contributed by atoms with Crippen molar-refractivity contribution in [2.24, 2.45) is 0 Å². The van der Waals surface area contributed by atoms with Gasteiger partial charge in [-0.05, 0) is 59.9 Å². The van der Waals surface area contributed by atoms with Gasteiger partial charge in [0.25, 0.3) is 0 Å². The molecule has 4 nitrogen and oxygen atoms in total. The number of H-pyrrole nitrogens is 1. The molecular weight excluding hydrogens is 338 g/mol. The van der Waals surface area contributed by atoms with E-state index in [0.717, 1.165) is 33.7 Å². The third-order valence-corrected chi connectivity index (χ3v) is 4.95. The van der Waals surface area contributed by atoms with E-state index in [1.165, 1.54) is 11.1 Å². The smallest absolute Gasteiger partial charge is 0.335 e. The highest BCUT2D eigenvalue weighted by Gasteiger charge is 2.15. The van der Waals surface area contributed by atoms with Gasteiger partial charge in [-0.15, -0.1) is 0 Å². The summed E-state index contributed by atoms with van der Waals surface area (Å²) in [4.78, 5) is 14.4. The van der Waals surface area contributed by atoms with Gasteiger partial charge in [-0.1, -0.05) is 38.1 Å². The fraction of sp³-hybridized carbons (Fsp3) is 0.174. The Balaban J connectivity index is 1.74. The number of carboxylic acid groups (broad SMARTS) is 1. The Morgan fingerprint density at radius 2 is 1.70 bits per heavy atom. The monoisotopic (exact) mass is 359 g/mol. The van der Waals surface area contributed by atoms with E-state index in [2.05, 4.69) is 44.0 Å². The number of benzene rings is 2. The SMILES string of the molecule is Cc1ccc(C(C)C)c2oc(-c3ccc(-c4ccc(C(=O)O)cc4)[nH]3)cc12. The van der Waals surface area contributed by atoms with Crippen molar-refractivity contribution in [2.75, 3.05) is 0 Å². The molecule has 0 bridgehead atoms. The first-order valence-corrected chi connectivity index (χ1v) is 9.00. The second-order valence-electron chi connectivity index (χ2n) is 7.15. The highest BCUT2D eigenvalue weighted by molar-refractivity contribution is 5.89. The summed E-state index contributed by atoms with van der Waals surface area (Å²) in [6, 6.07) is 17.2. The van der Waals surface area contributed by atoms with E-state index in [-0.39, 0.29) is 5.56 Å². The van der Waals surface area contributed by atoms with Gasteiger partial charge in [0.2, 0.25) is 0 Å². The first-order valence-electron chi connectivity index (χ1n) is 9.00. The fourth-order valence-electron chi connectivity index (χ4n) is 3.37. The summed E-state index contributed by atoms with van der Waals surface area (Å²) in [6.07, 6.45) is 0. The number of aromatic nitrogens is 1. The highest BCUT2D eigenvalue weighted by Crippen LogP contribution is 2.35. The summed E-state index contributed by atoms with van der Waals surface area (Å²) in [5, 5.41) is 10.2. The maximum atomic E-state index is 11.0. The maximum Gasteiger partial charge on any atom is 0.335 e. The minimum atomic E-state index is -0.924. The summed E-state index contributed by atoms with van der Waals surface area (Å²) in [6.45, 7) is 6.43. The quantitative estimate of drug-likeness (QED) is 0.454. The molecule has 2 N–H and O–H groups in total. The molecule has 0 radical (unpaired) electrons. The lowest BCUT2D eigenvalue weighted by molar-refractivity contribution is 0.0697. The molecule has 4 rings (SSSR count). The molecule has 4 heteroatoms. The summed E-state index contributed by atoms with van der Waals surface area (Å²) < 4.78 is 6.22. The van der Waals surface area contributed by atoms with Crippen molar-refractivity contribution >= 4 is 16.9 Å². The first kappa shape index (κ1) is 17.2. The van der Waals surface area contributed by atoms with E-state index < -0.39 is 5.97 Å². The molecule has 2 aromatic carbocycles. The average molecular weight is 359 g/mol. The van der Waals surface area contributed by atoms with Crippen LogP contribution in [0.4, 0.5) is 0 Å². The van der Waals surface area contributed by atoms with Crippen molar-refractivity contribution in [3.8, 4) is 22.7 Å². The van der Waals surface area contributed by atoms with E-state index in [9.17, 15) is 4.79 Å². The van der Waals surface area contributed by atoms with Crippen LogP contribution in [0.15, 0.2) is 59.0 Å². The summed E-state index contributed by atoms with van der Waals surface area (Å²) in [5.74, 6) is 0.265. The summed E-state index contributed by atoms with van der Waals surface area (Å²) in [5.41, 5.74) is 6.38. The van der Waals surface area contributed by atoms with Gasteiger partial charge in [0.1, 0.15) is 5.58 Å². The Morgan fingerprint density at radius 3 is 2.37 bits per heavy atom. The number of aryl methyl sites for hydroxylation is 1. The number of furan rings is 1. The van der Waals surface area contributed by atoms with E-state index in [1.54, 1.807) is 24.3 Å². The lowest BCUT2D eigenvalue weighted by Gasteiger charge is -2.06. The number of hydrogen-bond acceptors (Lipinski definition) is 2. The van der Waals surface area contributed by atoms with Crippen LogP contribution in [-0.2, 0) is 0 Å². The number of nitrogens with one attached hydrogen (secondary N) is 1. The van der Waals surface area contributed by atoms with Gasteiger partial charge in [0, 0.05) is 11.1 Å². The van der Waals surface area contributed by atoms with E-state index >= 15 is 0 Å². The molecule has 2 heterocycles. The minimum Gasteiger partial charge on any atom is -0.478 e. The Hall–Kier alpha value is -3.27. The zero-order valence-electron chi connectivity index (χ0n) is 15.5. The molecule has 0 saturated heterocycles. The fourth-order valence-corrected chi connectivity index (χ4v) is 3.37. The van der Waals surface area contributed by atoms with Crippen molar-refractivity contribution in [3.05, 3.63) is 71.3 Å². The predicted molar refractivity (Wildman–Crippen MR) is 107 cm³/mol. The number of hydrogen-bond donors (Lipinski definition) is 2. The molecule has 0 spiro atoms. The highest BCUT2D eigenvalue weighted by atomic mass is 16.4. The minimum absolute atomic E-state index is 0.277. The molecule has 0 amide bonds. The molecule has 27 heavy (non-hydrogen) atoms. The Labute approximate surface area is 157 Å². The topological polar surface area (TPSA) is 66.2 Å². The van der Waals surface area contributed by atoms with E-state index in [4.69, 9.17) is 9.52 Å². The largest absolute Gasteiger partial charge is 0.478 e. The lowest BCUT2D eigenvalue weighted by Crippen LogP contribution is -1.94. The van der Waals surface area contributed by atoms with Crippen LogP contribution in [0, 0.1) is 6.92 Å². The van der Waals surface area contributed by atoms with Gasteiger partial charge in [-0.2, -0.15) is 0 Å². The predicted octanol–water partition coefficient (Wildman–Crippen LogP) is 6.22. The van der Waals surface area contributed by atoms with Crippen LogP contribution in [-0.4, -0.2) is 16.1 Å². The molecule has 0 aliphatic rings. The van der Waals surface area contributed by atoms with Crippen LogP contribution in [0.2, 0.25) is 0 Å². The first-order chi connectivity index (χ1) is 12.9. The third kappa shape index (κ3) is 3.04. The van der Waals surface area contributed by atoms with Crippen LogP contribution in [0.1, 0.15) is 41.3 Å². The number of carbonyl (C=O) groups is 1. The molecule has 0 fully saturated rings. The van der Waals surface area contributed by atoms with Crippen molar-refractivity contribution in [3.63, 3.8) is 0 Å². The average Bonchev–Trinajstić information content (AvgIpc) is 3.29. The van der Waals surface area contributed by atoms with Gasteiger partial charge < -0.3 is 14.5 Å². The van der Waals surface area contributed by atoms with Gasteiger partial charge >= 0.3 is 5.97 Å². The molecule has 0 unspecified atom stereocenters. The van der Waals surface area contributed by atoms with Crippen LogP contribution in [0.25, 0.3) is 33.7 Å². The zero-order valence-corrected chi connectivity index (χ0v) is 15.5. The standard InChI is InChI=1S/C23H21NO3/c1-13(2)17-9-4-14(3)18-12-21(27-22(17)18)20-11-10-19(24-20)15-5-7-16(8-6-15)23(25)26/h4-13,24H,1-3H3,(H,25,26).